The second kappa shape index (κ2) is 7.39. The number of carbonyl (C=O) groups excluding carboxylic acids is 2. The topological polar surface area (TPSA) is 74.0 Å². The Bertz CT molecular complexity index is 945. The van der Waals surface area contributed by atoms with Crippen LogP contribution in [-0.4, -0.2) is 16.8 Å². The molecule has 0 radical (unpaired) electrons. The summed E-state index contributed by atoms with van der Waals surface area (Å²) in [6.45, 7) is 4.01. The minimum atomic E-state index is -0.340. The molecule has 3 aromatic rings. The van der Waals surface area contributed by atoms with Crippen molar-refractivity contribution in [2.45, 2.75) is 20.4 Å². The molecule has 3 rings (SSSR count). The lowest BCUT2D eigenvalue weighted by atomic mass is 10.1. The van der Waals surface area contributed by atoms with Crippen molar-refractivity contribution in [3.63, 3.8) is 0 Å². The molecule has 0 saturated heterocycles. The number of hydrogen-bond donors (Lipinski definition) is 3. The van der Waals surface area contributed by atoms with Crippen LogP contribution < -0.4 is 10.6 Å². The number of halogens is 1. The zero-order valence-corrected chi connectivity index (χ0v) is 14.6. The van der Waals surface area contributed by atoms with Gasteiger partial charge < -0.3 is 15.6 Å². The summed E-state index contributed by atoms with van der Waals surface area (Å²) < 4.78 is 13.2. The first-order chi connectivity index (χ1) is 12.4. The van der Waals surface area contributed by atoms with E-state index in [0.717, 1.165) is 11.3 Å². The third-order valence-corrected chi connectivity index (χ3v) is 4.03. The third kappa shape index (κ3) is 4.08. The van der Waals surface area contributed by atoms with Gasteiger partial charge in [-0.15, -0.1) is 0 Å². The normalized spacial score (nSPS) is 10.9. The number of carbonyl (C=O) groups is 2. The van der Waals surface area contributed by atoms with Gasteiger partial charge in [-0.2, -0.15) is 0 Å². The lowest BCUT2D eigenvalue weighted by molar-refractivity contribution is -0.118. The number of anilines is 1. The van der Waals surface area contributed by atoms with E-state index >= 15 is 0 Å². The summed E-state index contributed by atoms with van der Waals surface area (Å²) in [5, 5.41) is 6.29. The Morgan fingerprint density at radius 2 is 1.81 bits per heavy atom. The van der Waals surface area contributed by atoms with Crippen molar-refractivity contribution in [3.05, 3.63) is 65.6 Å². The maximum Gasteiger partial charge on any atom is 0.267 e. The average Bonchev–Trinajstić information content (AvgIpc) is 3.04. The summed E-state index contributed by atoms with van der Waals surface area (Å²) in [5.74, 6) is -0.730. The van der Waals surface area contributed by atoms with Gasteiger partial charge in [-0.1, -0.05) is 26.0 Å². The summed E-state index contributed by atoms with van der Waals surface area (Å²) in [4.78, 5) is 26.9. The highest BCUT2D eigenvalue weighted by Crippen LogP contribution is 2.17. The summed E-state index contributed by atoms with van der Waals surface area (Å²) in [6.07, 6.45) is 0. The van der Waals surface area contributed by atoms with E-state index in [-0.39, 0.29) is 23.5 Å². The molecule has 6 heteroatoms. The summed E-state index contributed by atoms with van der Waals surface area (Å²) in [6, 6.07) is 13.2. The van der Waals surface area contributed by atoms with Crippen LogP contribution in [0.25, 0.3) is 10.9 Å². The lowest BCUT2D eigenvalue weighted by Gasteiger charge is -2.09. The smallest absolute Gasteiger partial charge is 0.267 e. The molecular weight excluding hydrogens is 333 g/mol. The van der Waals surface area contributed by atoms with Gasteiger partial charge in [0.15, 0.2) is 0 Å². The predicted octanol–water partition coefficient (Wildman–Crippen LogP) is 3.83. The number of aromatic nitrogens is 1. The van der Waals surface area contributed by atoms with Gasteiger partial charge in [0, 0.05) is 29.1 Å². The van der Waals surface area contributed by atoms with Gasteiger partial charge in [-0.05, 0) is 42.0 Å². The van der Waals surface area contributed by atoms with Crippen molar-refractivity contribution in [1.29, 1.82) is 0 Å². The van der Waals surface area contributed by atoms with Gasteiger partial charge >= 0.3 is 0 Å². The highest BCUT2D eigenvalue weighted by molar-refractivity contribution is 5.98. The Morgan fingerprint density at radius 3 is 2.50 bits per heavy atom. The quantitative estimate of drug-likeness (QED) is 0.652. The average molecular weight is 353 g/mol. The fourth-order valence-electron chi connectivity index (χ4n) is 2.50. The molecule has 0 aliphatic carbocycles. The second-order valence-electron chi connectivity index (χ2n) is 6.44. The number of amides is 2. The van der Waals surface area contributed by atoms with Crippen LogP contribution in [0.1, 0.15) is 29.9 Å². The standard InChI is InChI=1S/C20H20FN3O2/c1-12(2)19(25)23-16-6-3-13(4-7-16)11-22-20(26)18-10-14-9-15(21)5-8-17(14)24-18/h3-10,12,24H,11H2,1-2H3,(H,22,26)(H,23,25). The molecule has 0 unspecified atom stereocenters. The van der Waals surface area contributed by atoms with Gasteiger partial charge in [0.2, 0.25) is 5.91 Å². The molecule has 26 heavy (non-hydrogen) atoms. The molecule has 0 spiro atoms. The van der Waals surface area contributed by atoms with Crippen molar-refractivity contribution in [2.24, 2.45) is 5.92 Å². The van der Waals surface area contributed by atoms with Crippen LogP contribution in [0.3, 0.4) is 0 Å². The fraction of sp³-hybridized carbons (Fsp3) is 0.200. The van der Waals surface area contributed by atoms with Gasteiger partial charge in [-0.25, -0.2) is 4.39 Å². The number of H-pyrrole nitrogens is 1. The van der Waals surface area contributed by atoms with Crippen LogP contribution in [0, 0.1) is 11.7 Å². The molecule has 134 valence electrons. The summed E-state index contributed by atoms with van der Waals surface area (Å²) in [7, 11) is 0. The second-order valence-corrected chi connectivity index (χ2v) is 6.44. The number of aromatic amines is 1. The maximum atomic E-state index is 13.2. The van der Waals surface area contributed by atoms with Gasteiger partial charge in [0.25, 0.3) is 5.91 Å². The van der Waals surface area contributed by atoms with Gasteiger partial charge in [0.05, 0.1) is 0 Å². The van der Waals surface area contributed by atoms with E-state index in [1.165, 1.54) is 12.1 Å². The molecule has 0 aliphatic heterocycles. The molecule has 0 saturated carbocycles. The lowest BCUT2D eigenvalue weighted by Crippen LogP contribution is -2.23. The minimum Gasteiger partial charge on any atom is -0.351 e. The zero-order chi connectivity index (χ0) is 18.7. The Kier molecular flexibility index (Phi) is 5.02. The van der Waals surface area contributed by atoms with Crippen LogP contribution >= 0.6 is 0 Å². The monoisotopic (exact) mass is 353 g/mol. The first-order valence-corrected chi connectivity index (χ1v) is 8.38. The predicted molar refractivity (Wildman–Crippen MR) is 99.3 cm³/mol. The van der Waals surface area contributed by atoms with E-state index in [0.29, 0.717) is 23.1 Å². The van der Waals surface area contributed by atoms with E-state index in [2.05, 4.69) is 15.6 Å². The van der Waals surface area contributed by atoms with Crippen molar-refractivity contribution in [2.75, 3.05) is 5.32 Å². The van der Waals surface area contributed by atoms with E-state index in [9.17, 15) is 14.0 Å². The molecule has 2 amide bonds. The number of nitrogens with one attached hydrogen (secondary N) is 3. The number of hydrogen-bond acceptors (Lipinski definition) is 2. The first-order valence-electron chi connectivity index (χ1n) is 8.38. The number of rotatable bonds is 5. The molecule has 0 bridgehead atoms. The Balaban J connectivity index is 1.60. The Hall–Kier alpha value is -3.15. The van der Waals surface area contributed by atoms with Crippen molar-refractivity contribution in [3.8, 4) is 0 Å². The van der Waals surface area contributed by atoms with Crippen LogP contribution in [0.15, 0.2) is 48.5 Å². The molecule has 5 nitrogen and oxygen atoms in total. The summed E-state index contributed by atoms with van der Waals surface area (Å²) in [5.41, 5.74) is 2.72. The molecule has 3 N–H and O–H groups in total. The largest absolute Gasteiger partial charge is 0.351 e. The zero-order valence-electron chi connectivity index (χ0n) is 14.6. The van der Waals surface area contributed by atoms with E-state index in [1.54, 1.807) is 24.3 Å². The first kappa shape index (κ1) is 17.7. The third-order valence-electron chi connectivity index (χ3n) is 4.03. The fourth-order valence-corrected chi connectivity index (χ4v) is 2.50. The molecule has 0 atom stereocenters. The Labute approximate surface area is 150 Å². The molecular formula is C20H20FN3O2. The van der Waals surface area contributed by atoms with Crippen LogP contribution in [0.4, 0.5) is 10.1 Å². The SMILES string of the molecule is CC(C)C(=O)Nc1ccc(CNC(=O)c2cc3cc(F)ccc3[nH]2)cc1. The van der Waals surface area contributed by atoms with Crippen LogP contribution in [-0.2, 0) is 11.3 Å². The molecule has 2 aromatic carbocycles. The van der Waals surface area contributed by atoms with Crippen molar-refractivity contribution >= 4 is 28.4 Å². The van der Waals surface area contributed by atoms with E-state index in [1.807, 2.05) is 26.0 Å². The number of benzene rings is 2. The minimum absolute atomic E-state index is 0.0405. The van der Waals surface area contributed by atoms with Gasteiger partial charge in [-0.3, -0.25) is 9.59 Å². The highest BCUT2D eigenvalue weighted by Gasteiger charge is 2.10. The molecule has 0 aliphatic rings. The molecule has 1 aromatic heterocycles. The van der Waals surface area contributed by atoms with E-state index in [4.69, 9.17) is 0 Å². The summed E-state index contributed by atoms with van der Waals surface area (Å²) >= 11 is 0. The Morgan fingerprint density at radius 1 is 1.08 bits per heavy atom. The maximum absolute atomic E-state index is 13.2. The van der Waals surface area contributed by atoms with Crippen LogP contribution in [0.5, 0.6) is 0 Å². The van der Waals surface area contributed by atoms with Crippen molar-refractivity contribution < 1.29 is 14.0 Å². The number of fused-ring (bicyclic) bond motifs is 1. The highest BCUT2D eigenvalue weighted by atomic mass is 19.1. The van der Waals surface area contributed by atoms with Crippen LogP contribution in [0.2, 0.25) is 0 Å². The van der Waals surface area contributed by atoms with Crippen molar-refractivity contribution in [1.82, 2.24) is 10.3 Å². The molecule has 0 fully saturated rings. The van der Waals surface area contributed by atoms with E-state index < -0.39 is 0 Å². The van der Waals surface area contributed by atoms with Gasteiger partial charge in [0.1, 0.15) is 11.5 Å². The molecule has 1 heterocycles.